The summed E-state index contributed by atoms with van der Waals surface area (Å²) in [7, 11) is 0. The Bertz CT molecular complexity index is 615. The highest BCUT2D eigenvalue weighted by atomic mass is 35.5. The van der Waals surface area contributed by atoms with Crippen LogP contribution in [0.3, 0.4) is 0 Å². The van der Waals surface area contributed by atoms with E-state index in [9.17, 15) is 0 Å². The number of benzene rings is 1. The van der Waals surface area contributed by atoms with Gasteiger partial charge in [0.25, 0.3) is 0 Å². The maximum atomic E-state index is 7.57. The summed E-state index contributed by atoms with van der Waals surface area (Å²) in [5.41, 5.74) is 7.34. The van der Waals surface area contributed by atoms with Crippen molar-refractivity contribution in [2.24, 2.45) is 5.73 Å². The van der Waals surface area contributed by atoms with Crippen LogP contribution in [-0.2, 0) is 0 Å². The molecule has 0 fully saturated rings. The van der Waals surface area contributed by atoms with Crippen molar-refractivity contribution in [1.82, 2.24) is 4.98 Å². The van der Waals surface area contributed by atoms with Gasteiger partial charge in [-0.3, -0.25) is 5.41 Å². The van der Waals surface area contributed by atoms with Gasteiger partial charge in [0.05, 0.1) is 10.6 Å². The van der Waals surface area contributed by atoms with Crippen LogP contribution in [0.2, 0.25) is 0 Å². The summed E-state index contributed by atoms with van der Waals surface area (Å²) < 4.78 is 0. The van der Waals surface area contributed by atoms with Crippen molar-refractivity contribution in [2.45, 2.75) is 9.79 Å². The van der Waals surface area contributed by atoms with Crippen LogP contribution in [0, 0.1) is 5.41 Å². The van der Waals surface area contributed by atoms with Gasteiger partial charge < -0.3 is 11.1 Å². The molecule has 1 aromatic heterocycles. The van der Waals surface area contributed by atoms with Crippen LogP contribution in [0.25, 0.3) is 0 Å². The molecule has 2 heterocycles. The highest BCUT2D eigenvalue weighted by molar-refractivity contribution is 7.99. The summed E-state index contributed by atoms with van der Waals surface area (Å²) in [6.45, 7) is 0. The highest BCUT2D eigenvalue weighted by Gasteiger charge is 2.20. The van der Waals surface area contributed by atoms with E-state index < -0.39 is 0 Å². The van der Waals surface area contributed by atoms with Gasteiger partial charge in [0.2, 0.25) is 0 Å². The molecule has 0 atom stereocenters. The number of aromatic nitrogens is 1. The monoisotopic (exact) mass is 278 g/mol. The molecule has 1 aliphatic rings. The van der Waals surface area contributed by atoms with E-state index in [0.717, 1.165) is 26.9 Å². The number of nitrogens with two attached hydrogens (primary N) is 1. The summed E-state index contributed by atoms with van der Waals surface area (Å²) in [5.74, 6) is 0.832. The molecule has 0 saturated carbocycles. The third kappa shape index (κ3) is 2.02. The lowest BCUT2D eigenvalue weighted by atomic mass is 10.2. The number of para-hydroxylation sites is 1. The molecule has 1 aromatic carbocycles. The number of hydrogen-bond donors (Lipinski definition) is 3. The predicted molar refractivity (Wildman–Crippen MR) is 76.3 cm³/mol. The van der Waals surface area contributed by atoms with Crippen LogP contribution in [-0.4, -0.2) is 10.8 Å². The molecule has 92 valence electrons. The van der Waals surface area contributed by atoms with E-state index in [0.29, 0.717) is 0 Å². The Morgan fingerprint density at radius 2 is 2.06 bits per heavy atom. The van der Waals surface area contributed by atoms with Gasteiger partial charge >= 0.3 is 0 Å². The van der Waals surface area contributed by atoms with Gasteiger partial charge in [-0.1, -0.05) is 23.9 Å². The molecule has 0 spiro atoms. The van der Waals surface area contributed by atoms with E-state index in [-0.39, 0.29) is 18.2 Å². The Labute approximate surface area is 115 Å². The van der Waals surface area contributed by atoms with Crippen molar-refractivity contribution in [3.8, 4) is 0 Å². The molecule has 0 aliphatic carbocycles. The summed E-state index contributed by atoms with van der Waals surface area (Å²) >= 11 is 1.59. The lowest BCUT2D eigenvalue weighted by Crippen LogP contribution is -2.15. The van der Waals surface area contributed by atoms with Crippen LogP contribution in [0.1, 0.15) is 5.56 Å². The fourth-order valence-electron chi connectivity index (χ4n) is 1.75. The molecule has 0 saturated heterocycles. The van der Waals surface area contributed by atoms with Gasteiger partial charge in [0, 0.05) is 16.7 Å². The summed E-state index contributed by atoms with van der Waals surface area (Å²) in [6, 6.07) is 9.78. The summed E-state index contributed by atoms with van der Waals surface area (Å²) in [6.07, 6.45) is 1.66. The molecular weight excluding hydrogens is 268 g/mol. The molecule has 0 unspecified atom stereocenters. The van der Waals surface area contributed by atoms with Crippen molar-refractivity contribution in [3.05, 3.63) is 42.1 Å². The van der Waals surface area contributed by atoms with Crippen molar-refractivity contribution in [2.75, 3.05) is 5.32 Å². The van der Waals surface area contributed by atoms with Crippen LogP contribution in [0.5, 0.6) is 0 Å². The Morgan fingerprint density at radius 3 is 2.83 bits per heavy atom. The van der Waals surface area contributed by atoms with Gasteiger partial charge in [-0.05, 0) is 18.2 Å². The van der Waals surface area contributed by atoms with Crippen LogP contribution >= 0.6 is 24.2 Å². The highest BCUT2D eigenvalue weighted by Crippen LogP contribution is 2.44. The first-order valence-electron chi connectivity index (χ1n) is 5.13. The van der Waals surface area contributed by atoms with Gasteiger partial charge in [-0.2, -0.15) is 0 Å². The fraction of sp³-hybridized carbons (Fsp3) is 0. The number of nitrogens with one attached hydrogen (secondary N) is 2. The maximum Gasteiger partial charge on any atom is 0.145 e. The SMILES string of the molecule is Cl.N=C(N)c1ccnc2c1Sc1ccccc1N2. The first-order valence-corrected chi connectivity index (χ1v) is 5.94. The number of rotatable bonds is 1. The first kappa shape index (κ1) is 12.7. The van der Waals surface area contributed by atoms with Crippen molar-refractivity contribution in [3.63, 3.8) is 0 Å². The average molecular weight is 279 g/mol. The molecular formula is C12H11ClN4S. The minimum atomic E-state index is 0. The zero-order valence-corrected chi connectivity index (χ0v) is 10.9. The predicted octanol–water partition coefficient (Wildman–Crippen LogP) is 3.00. The minimum Gasteiger partial charge on any atom is -0.384 e. The van der Waals surface area contributed by atoms with E-state index in [4.69, 9.17) is 11.1 Å². The second-order valence-corrected chi connectivity index (χ2v) is 4.73. The number of amidine groups is 1. The molecule has 4 N–H and O–H groups in total. The van der Waals surface area contributed by atoms with Gasteiger partial charge in [-0.25, -0.2) is 4.98 Å². The van der Waals surface area contributed by atoms with E-state index in [1.807, 2.05) is 24.3 Å². The smallest absolute Gasteiger partial charge is 0.145 e. The summed E-state index contributed by atoms with van der Waals surface area (Å²) in [4.78, 5) is 6.31. The molecule has 0 radical (unpaired) electrons. The molecule has 1 aliphatic heterocycles. The first-order chi connectivity index (χ1) is 8.25. The maximum absolute atomic E-state index is 7.57. The topological polar surface area (TPSA) is 74.8 Å². The molecule has 4 nitrogen and oxygen atoms in total. The average Bonchev–Trinajstić information content (AvgIpc) is 2.35. The third-order valence-electron chi connectivity index (χ3n) is 2.55. The van der Waals surface area contributed by atoms with Crippen LogP contribution in [0.15, 0.2) is 46.3 Å². The number of hydrogen-bond acceptors (Lipinski definition) is 4. The van der Waals surface area contributed by atoms with Gasteiger partial charge in [-0.15, -0.1) is 12.4 Å². The Balaban J connectivity index is 0.00000120. The van der Waals surface area contributed by atoms with E-state index >= 15 is 0 Å². The van der Waals surface area contributed by atoms with Gasteiger partial charge in [0.15, 0.2) is 0 Å². The zero-order chi connectivity index (χ0) is 11.8. The molecule has 0 bridgehead atoms. The Morgan fingerprint density at radius 1 is 1.28 bits per heavy atom. The molecule has 18 heavy (non-hydrogen) atoms. The standard InChI is InChI=1S/C12H10N4S.ClH/c13-11(14)7-5-6-15-12-10(7)17-9-4-2-1-3-8(9)16-12;/h1-6H,(H3,13,14)(H,15,16);1H. The van der Waals surface area contributed by atoms with Crippen molar-refractivity contribution < 1.29 is 0 Å². The van der Waals surface area contributed by atoms with Crippen molar-refractivity contribution >= 4 is 41.5 Å². The van der Waals surface area contributed by atoms with E-state index in [2.05, 4.69) is 10.3 Å². The van der Waals surface area contributed by atoms with E-state index in [1.165, 1.54) is 0 Å². The lowest BCUT2D eigenvalue weighted by molar-refractivity contribution is 1.17. The van der Waals surface area contributed by atoms with Crippen LogP contribution < -0.4 is 11.1 Å². The fourth-order valence-corrected chi connectivity index (χ4v) is 2.83. The number of pyridine rings is 1. The summed E-state index contributed by atoms with van der Waals surface area (Å²) in [5, 5.41) is 10.8. The number of nitrogen functional groups attached to an aromatic ring is 1. The minimum absolute atomic E-state index is 0. The Kier molecular flexibility index (Phi) is 3.45. The largest absolute Gasteiger partial charge is 0.384 e. The Hall–Kier alpha value is -1.72. The zero-order valence-electron chi connectivity index (χ0n) is 9.31. The van der Waals surface area contributed by atoms with Gasteiger partial charge in [0.1, 0.15) is 11.7 Å². The second-order valence-electron chi connectivity index (χ2n) is 3.67. The van der Waals surface area contributed by atoms with Crippen molar-refractivity contribution in [1.29, 1.82) is 5.41 Å². The molecule has 0 amide bonds. The normalized spacial score (nSPS) is 11.6. The number of halogens is 1. The molecule has 2 aromatic rings. The number of nitrogens with zero attached hydrogens (tertiary/aromatic N) is 1. The molecule has 6 heteroatoms. The third-order valence-corrected chi connectivity index (χ3v) is 3.74. The number of fused-ring (bicyclic) bond motifs is 2. The lowest BCUT2D eigenvalue weighted by Gasteiger charge is -2.21. The molecule has 3 rings (SSSR count). The van der Waals surface area contributed by atoms with E-state index in [1.54, 1.807) is 24.0 Å². The van der Waals surface area contributed by atoms with Crippen LogP contribution in [0.4, 0.5) is 11.5 Å². The number of anilines is 2. The quantitative estimate of drug-likeness (QED) is 0.472. The second kappa shape index (κ2) is 4.88.